The molecule has 4 heteroatoms. The van der Waals surface area contributed by atoms with Crippen LogP contribution in [-0.2, 0) is 0 Å². The number of hydrogen-bond donors (Lipinski definition) is 2. The lowest BCUT2D eigenvalue weighted by molar-refractivity contribution is 0.700. The normalized spacial score (nSPS) is 14.8. The molecule has 2 N–H and O–H groups in total. The summed E-state index contributed by atoms with van der Waals surface area (Å²) in [5, 5.41) is 9.32. The molecular weight excluding hydrogens is 464 g/mol. The van der Waals surface area contributed by atoms with E-state index in [9.17, 15) is 0 Å². The predicted octanol–water partition coefficient (Wildman–Crippen LogP) is 7.07. The molecule has 4 nitrogen and oxygen atoms in total. The summed E-state index contributed by atoms with van der Waals surface area (Å²) in [4.78, 5) is 10.3. The Morgan fingerprint density at radius 1 is 0.842 bits per heavy atom. The zero-order valence-corrected chi connectivity index (χ0v) is 21.6. The second-order valence-corrected chi connectivity index (χ2v) is 9.21. The van der Waals surface area contributed by atoms with Gasteiger partial charge in [-0.15, -0.1) is 6.58 Å². The van der Waals surface area contributed by atoms with Crippen molar-refractivity contribution >= 4 is 28.0 Å². The van der Waals surface area contributed by atoms with Gasteiger partial charge in [-0.25, -0.2) is 9.98 Å². The maximum atomic E-state index is 5.14. The summed E-state index contributed by atoms with van der Waals surface area (Å²) in [7, 11) is 0. The molecule has 1 unspecified atom stereocenters. The highest BCUT2D eigenvalue weighted by Gasteiger charge is 2.24. The van der Waals surface area contributed by atoms with Gasteiger partial charge < -0.3 is 10.6 Å². The Morgan fingerprint density at radius 3 is 2.03 bits per heavy atom. The Labute approximate surface area is 224 Å². The van der Waals surface area contributed by atoms with Crippen LogP contribution in [0, 0.1) is 0 Å². The number of hydrogen-bond acceptors (Lipinski definition) is 4. The minimum atomic E-state index is -0.409. The molecule has 5 rings (SSSR count). The Hall–Kier alpha value is -4.54. The number of amidine groups is 2. The number of fused-ring (bicyclic) bond motifs is 1. The topological polar surface area (TPSA) is 48.8 Å². The summed E-state index contributed by atoms with van der Waals surface area (Å²) < 4.78 is 0. The molecule has 38 heavy (non-hydrogen) atoms. The van der Waals surface area contributed by atoms with Crippen LogP contribution in [0.1, 0.15) is 35.3 Å². The molecule has 0 saturated heterocycles. The molecule has 0 fully saturated rings. The van der Waals surface area contributed by atoms with Crippen molar-refractivity contribution in [3.63, 3.8) is 0 Å². The molecule has 0 aliphatic carbocycles. The van der Waals surface area contributed by atoms with Gasteiger partial charge in [0, 0.05) is 29.3 Å². The van der Waals surface area contributed by atoms with Crippen LogP contribution in [0.15, 0.2) is 138 Å². The van der Waals surface area contributed by atoms with Crippen LogP contribution in [0.2, 0.25) is 0 Å². The van der Waals surface area contributed by atoms with E-state index in [4.69, 9.17) is 9.98 Å². The van der Waals surface area contributed by atoms with Crippen LogP contribution < -0.4 is 10.6 Å². The zero-order chi connectivity index (χ0) is 26.3. The highest BCUT2D eigenvalue weighted by atomic mass is 15.2. The zero-order valence-electron chi connectivity index (χ0n) is 21.6. The molecule has 1 atom stereocenters. The first-order valence-electron chi connectivity index (χ1n) is 12.9. The second kappa shape index (κ2) is 11.7. The van der Waals surface area contributed by atoms with Crippen molar-refractivity contribution in [2.24, 2.45) is 9.98 Å². The van der Waals surface area contributed by atoms with E-state index in [1.165, 1.54) is 0 Å². The van der Waals surface area contributed by atoms with Crippen LogP contribution in [0.25, 0.3) is 16.3 Å². The molecule has 0 amide bonds. The molecule has 0 spiro atoms. The van der Waals surface area contributed by atoms with Gasteiger partial charge >= 0.3 is 0 Å². The average molecular weight is 497 g/mol. The van der Waals surface area contributed by atoms with Gasteiger partial charge in [0.25, 0.3) is 0 Å². The summed E-state index contributed by atoms with van der Waals surface area (Å²) >= 11 is 0. The number of rotatable bonds is 9. The highest BCUT2D eigenvalue weighted by Crippen LogP contribution is 2.36. The van der Waals surface area contributed by atoms with Crippen molar-refractivity contribution in [2.75, 3.05) is 6.54 Å². The first-order valence-corrected chi connectivity index (χ1v) is 12.9. The first-order chi connectivity index (χ1) is 18.7. The average Bonchev–Trinajstić information content (AvgIpc) is 2.98. The van der Waals surface area contributed by atoms with Crippen molar-refractivity contribution in [1.29, 1.82) is 0 Å². The Balaban J connectivity index is 1.70. The quantitative estimate of drug-likeness (QED) is 0.192. The fourth-order valence-corrected chi connectivity index (χ4v) is 4.86. The van der Waals surface area contributed by atoms with Crippen molar-refractivity contribution in [3.8, 4) is 0 Å². The molecule has 4 aromatic rings. The number of nitrogens with zero attached hydrogens (tertiary/aromatic N) is 2. The molecule has 188 valence electrons. The summed E-state index contributed by atoms with van der Waals surface area (Å²) in [5.41, 5.74) is 5.42. The van der Waals surface area contributed by atoms with Crippen molar-refractivity contribution in [2.45, 2.75) is 19.1 Å². The molecule has 0 aromatic heterocycles. The number of allylic oxidation sites excluding steroid dienone is 2. The van der Waals surface area contributed by atoms with Crippen molar-refractivity contribution in [3.05, 3.63) is 151 Å². The van der Waals surface area contributed by atoms with E-state index in [1.807, 2.05) is 48.6 Å². The monoisotopic (exact) mass is 496 g/mol. The smallest absolute Gasteiger partial charge is 0.170 e. The van der Waals surface area contributed by atoms with E-state index in [2.05, 4.69) is 97.5 Å². The van der Waals surface area contributed by atoms with E-state index in [0.29, 0.717) is 0 Å². The largest absolute Gasteiger partial charge is 0.324 e. The van der Waals surface area contributed by atoms with Crippen LogP contribution in [0.3, 0.4) is 0 Å². The Bertz CT molecular complexity index is 1470. The van der Waals surface area contributed by atoms with Gasteiger partial charge in [0.1, 0.15) is 11.7 Å². The van der Waals surface area contributed by atoms with Gasteiger partial charge in [-0.1, -0.05) is 122 Å². The van der Waals surface area contributed by atoms with Crippen LogP contribution in [0.4, 0.5) is 0 Å². The van der Waals surface area contributed by atoms with E-state index in [0.717, 1.165) is 56.8 Å². The van der Waals surface area contributed by atoms with Gasteiger partial charge in [0.2, 0.25) is 0 Å². The third-order valence-electron chi connectivity index (χ3n) is 6.69. The third-order valence-corrected chi connectivity index (χ3v) is 6.69. The number of aliphatic imine (C=N–C) groups is 2. The highest BCUT2D eigenvalue weighted by molar-refractivity contribution is 6.16. The van der Waals surface area contributed by atoms with Crippen LogP contribution in [-0.4, -0.2) is 24.3 Å². The lowest BCUT2D eigenvalue weighted by Crippen LogP contribution is -2.36. The summed E-state index contributed by atoms with van der Waals surface area (Å²) in [6.07, 6.45) is 5.41. The maximum Gasteiger partial charge on any atom is 0.170 e. The summed E-state index contributed by atoms with van der Waals surface area (Å²) in [6, 6.07) is 33.4. The lowest BCUT2D eigenvalue weighted by Gasteiger charge is -2.25. The molecule has 0 saturated carbocycles. The fraction of sp³-hybridized carbons (Fsp3) is 0.118. The minimum absolute atomic E-state index is 0.101. The fourth-order valence-electron chi connectivity index (χ4n) is 4.86. The molecule has 0 radical (unpaired) electrons. The predicted molar refractivity (Wildman–Crippen MR) is 162 cm³/mol. The van der Waals surface area contributed by atoms with Crippen molar-refractivity contribution in [1.82, 2.24) is 10.6 Å². The van der Waals surface area contributed by atoms with Gasteiger partial charge in [-0.05, 0) is 28.8 Å². The minimum Gasteiger partial charge on any atom is -0.324 e. The molecule has 4 aromatic carbocycles. The second-order valence-electron chi connectivity index (χ2n) is 9.21. The molecular formula is C34H32N4. The molecule has 1 aliphatic heterocycles. The van der Waals surface area contributed by atoms with Gasteiger partial charge in [-0.2, -0.15) is 0 Å². The van der Waals surface area contributed by atoms with Crippen LogP contribution in [0.5, 0.6) is 0 Å². The lowest BCUT2D eigenvalue weighted by atomic mass is 9.90. The van der Waals surface area contributed by atoms with E-state index < -0.39 is 6.17 Å². The van der Waals surface area contributed by atoms with E-state index in [-0.39, 0.29) is 6.04 Å². The molecule has 1 heterocycles. The summed E-state index contributed by atoms with van der Waals surface area (Å²) in [6.45, 7) is 10.7. The Morgan fingerprint density at radius 2 is 1.45 bits per heavy atom. The SMILES string of the molecule is C=C/C=C(/c1cccc2cccc(C3N=C(c4ccccc4)NC(c4ccccc4)=N3)c12)C(C)NCC=C. The summed E-state index contributed by atoms with van der Waals surface area (Å²) in [5.74, 6) is 1.61. The van der Waals surface area contributed by atoms with Gasteiger partial charge in [0.05, 0.1) is 0 Å². The third kappa shape index (κ3) is 5.26. The van der Waals surface area contributed by atoms with Crippen LogP contribution >= 0.6 is 0 Å². The molecule has 1 aliphatic rings. The molecule has 0 bridgehead atoms. The van der Waals surface area contributed by atoms with E-state index >= 15 is 0 Å². The maximum absolute atomic E-state index is 5.14. The van der Waals surface area contributed by atoms with E-state index in [1.54, 1.807) is 0 Å². The first kappa shape index (κ1) is 25.1. The van der Waals surface area contributed by atoms with Crippen molar-refractivity contribution < 1.29 is 0 Å². The van der Waals surface area contributed by atoms with Gasteiger partial charge in [-0.3, -0.25) is 0 Å². The number of nitrogens with one attached hydrogen (secondary N) is 2. The Kier molecular flexibility index (Phi) is 7.72. The number of benzene rings is 4. The standard InChI is InChI=1S/C34H32N4/c1-4-14-28(24(3)35-23-5-2)29-21-12-19-25-20-13-22-30(31(25)29)34-37-32(26-15-8-6-9-16-26)36-33(38-34)27-17-10-7-11-18-27/h4-22,24,34-35H,1-2,23H2,3H3,(H,36,37,38)/b28-14+. The van der Waals surface area contributed by atoms with Gasteiger partial charge in [0.15, 0.2) is 6.17 Å².